The van der Waals surface area contributed by atoms with Crippen molar-refractivity contribution in [1.82, 2.24) is 29.5 Å². The number of rotatable bonds is 4. The lowest BCUT2D eigenvalue weighted by Crippen LogP contribution is -2.48. The Morgan fingerprint density at radius 2 is 1.22 bits per heavy atom. The second-order valence-electron chi connectivity index (χ2n) is 17.5. The maximum absolute atomic E-state index is 12.1. The maximum Gasteiger partial charge on any atom is 0.168 e. The molecule has 0 unspecified atom stereocenters. The lowest BCUT2D eigenvalue weighted by Gasteiger charge is -2.49. The number of ether oxygens (including phenoxy) is 4. The van der Waals surface area contributed by atoms with E-state index in [9.17, 15) is 4.79 Å². The first-order valence-electron chi connectivity index (χ1n) is 21.7. The van der Waals surface area contributed by atoms with Crippen LogP contribution in [0, 0.1) is 25.7 Å². The van der Waals surface area contributed by atoms with Crippen LogP contribution in [0.5, 0.6) is 11.5 Å². The fourth-order valence-corrected chi connectivity index (χ4v) is 11.5. The summed E-state index contributed by atoms with van der Waals surface area (Å²) >= 11 is 0. The van der Waals surface area contributed by atoms with Crippen molar-refractivity contribution >= 4 is 27.6 Å². The van der Waals surface area contributed by atoms with E-state index in [4.69, 9.17) is 24.0 Å². The van der Waals surface area contributed by atoms with E-state index in [1.54, 1.807) is 0 Å². The van der Waals surface area contributed by atoms with Gasteiger partial charge in [0.1, 0.15) is 17.3 Å². The van der Waals surface area contributed by atoms with Crippen molar-refractivity contribution in [2.24, 2.45) is 11.8 Å². The number of aryl methyl sites for hydroxylation is 2. The number of fused-ring (bicyclic) bond motifs is 8. The van der Waals surface area contributed by atoms with Gasteiger partial charge in [-0.05, 0) is 101 Å². The first-order valence-corrected chi connectivity index (χ1v) is 21.7. The van der Waals surface area contributed by atoms with Gasteiger partial charge in [0.2, 0.25) is 0 Å². The molecule has 4 aromatic heterocycles. The van der Waals surface area contributed by atoms with Crippen LogP contribution < -0.4 is 9.47 Å². The van der Waals surface area contributed by atoms with Crippen molar-refractivity contribution < 1.29 is 23.7 Å². The molecular weight excluding hydrogens is 741 g/mol. The summed E-state index contributed by atoms with van der Waals surface area (Å²) in [4.78, 5) is 20.8. The molecule has 3 fully saturated rings. The molecule has 0 radical (unpaired) electrons. The van der Waals surface area contributed by atoms with E-state index < -0.39 is 0 Å². The van der Waals surface area contributed by atoms with E-state index in [0.29, 0.717) is 50.3 Å². The largest absolute Gasteiger partial charge is 0.493 e. The third-order valence-corrected chi connectivity index (χ3v) is 14.6. The molecule has 11 nitrogen and oxygen atoms in total. The standard InChI is InChI=1S/C25H29N3O3.C23H25N3O2/c1-3-24-6-7-25(30-10-11-31-25)15-19(24)5-9-29-23-14-22-18(13-21(23)24)16-27-28(22)20-4-8-26-17(2)12-20;1-3-23-7-4-19(27)12-17(23)6-9-28-22-13-21-16(11-20(22)23)14-25-26(21)18-5-8-24-15(2)10-18/h4,8,12-14,16,19H,3,5-7,9-11,15H2,1-2H3;5,8,10-11,13-14,17H,3-4,6-7,9,12H2,1-2H3/t19-,24+;17-,23+/m00/s1. The first-order chi connectivity index (χ1) is 28.7. The van der Waals surface area contributed by atoms with Crippen molar-refractivity contribution in [3.63, 3.8) is 0 Å². The number of carbonyl (C=O) groups is 1. The van der Waals surface area contributed by atoms with Gasteiger partial charge < -0.3 is 18.9 Å². The smallest absolute Gasteiger partial charge is 0.168 e. The minimum Gasteiger partial charge on any atom is -0.493 e. The molecule has 2 aromatic carbocycles. The van der Waals surface area contributed by atoms with Gasteiger partial charge in [-0.25, -0.2) is 9.36 Å². The van der Waals surface area contributed by atoms with Crippen molar-refractivity contribution in [2.75, 3.05) is 26.4 Å². The van der Waals surface area contributed by atoms with Gasteiger partial charge in [-0.15, -0.1) is 0 Å². The molecule has 0 bridgehead atoms. The predicted molar refractivity (Wildman–Crippen MR) is 226 cm³/mol. The third-order valence-electron chi connectivity index (χ3n) is 14.6. The summed E-state index contributed by atoms with van der Waals surface area (Å²) in [6.45, 7) is 11.4. The van der Waals surface area contributed by atoms with Crippen LogP contribution in [-0.2, 0) is 25.1 Å². The topological polar surface area (TPSA) is 115 Å². The first kappa shape index (κ1) is 38.1. The fraction of sp³-hybridized carbons (Fsp3) is 0.479. The number of benzene rings is 2. The lowest BCUT2D eigenvalue weighted by molar-refractivity contribution is -0.199. The highest BCUT2D eigenvalue weighted by Gasteiger charge is 2.53. The molecule has 11 heteroatoms. The number of hydrogen-bond acceptors (Lipinski definition) is 9. The molecular formula is C48H54N6O5. The van der Waals surface area contributed by atoms with Crippen molar-refractivity contribution in [3.8, 4) is 22.9 Å². The quantitative estimate of drug-likeness (QED) is 0.172. The van der Waals surface area contributed by atoms with Crippen LogP contribution >= 0.6 is 0 Å². The lowest BCUT2D eigenvalue weighted by atomic mass is 9.59. The van der Waals surface area contributed by atoms with Crippen LogP contribution in [-0.4, -0.2) is 67.5 Å². The van der Waals surface area contributed by atoms with Crippen molar-refractivity contribution in [2.45, 2.75) is 109 Å². The Morgan fingerprint density at radius 3 is 1.76 bits per heavy atom. The Kier molecular flexibility index (Phi) is 9.59. The Bertz CT molecular complexity index is 2560. The molecule has 11 rings (SSSR count). The molecule has 5 aliphatic rings. The zero-order valence-electron chi connectivity index (χ0n) is 34.7. The van der Waals surface area contributed by atoms with Crippen LogP contribution in [0.2, 0.25) is 0 Å². The summed E-state index contributed by atoms with van der Waals surface area (Å²) < 4.78 is 28.8. The number of aromatic nitrogens is 6. The summed E-state index contributed by atoms with van der Waals surface area (Å²) in [5.74, 6) is 2.85. The van der Waals surface area contributed by atoms with E-state index in [1.807, 2.05) is 66.2 Å². The summed E-state index contributed by atoms with van der Waals surface area (Å²) in [5.41, 5.74) is 8.81. The Morgan fingerprint density at radius 1 is 0.678 bits per heavy atom. The van der Waals surface area contributed by atoms with Gasteiger partial charge in [0, 0.05) is 94.3 Å². The summed E-state index contributed by atoms with van der Waals surface area (Å²) in [6.07, 6.45) is 16.9. The normalized spacial score (nSPS) is 25.7. The number of Topliss-reactive ketones (excluding diaryl/α,β-unsaturated/α-hetero) is 1. The van der Waals surface area contributed by atoms with Crippen LogP contribution in [0.1, 0.15) is 101 Å². The molecule has 3 aliphatic heterocycles. The fourth-order valence-electron chi connectivity index (χ4n) is 11.5. The van der Waals surface area contributed by atoms with Gasteiger partial charge in [-0.1, -0.05) is 13.8 Å². The molecule has 1 spiro atoms. The molecule has 1 saturated heterocycles. The molecule has 0 amide bonds. The highest BCUT2D eigenvalue weighted by molar-refractivity contribution is 5.85. The summed E-state index contributed by atoms with van der Waals surface area (Å²) in [5, 5.41) is 11.6. The van der Waals surface area contributed by atoms with Gasteiger partial charge in [0.05, 0.1) is 61.2 Å². The predicted octanol–water partition coefficient (Wildman–Crippen LogP) is 9.23. The van der Waals surface area contributed by atoms with Crippen LogP contribution in [0.25, 0.3) is 33.2 Å². The van der Waals surface area contributed by atoms with Gasteiger partial charge in [-0.3, -0.25) is 14.8 Å². The number of pyridine rings is 2. The average Bonchev–Trinajstić information content (AvgIpc) is 3.95. The van der Waals surface area contributed by atoms with Gasteiger partial charge in [0.15, 0.2) is 5.79 Å². The van der Waals surface area contributed by atoms with E-state index in [-0.39, 0.29) is 16.6 Å². The Hall–Kier alpha value is -5.13. The zero-order valence-corrected chi connectivity index (χ0v) is 34.7. The molecule has 59 heavy (non-hydrogen) atoms. The van der Waals surface area contributed by atoms with E-state index in [2.05, 4.69) is 59.2 Å². The minimum absolute atomic E-state index is 0.0310. The van der Waals surface area contributed by atoms with E-state index in [1.165, 1.54) is 11.1 Å². The van der Waals surface area contributed by atoms with Gasteiger partial charge in [0.25, 0.3) is 0 Å². The monoisotopic (exact) mass is 794 g/mol. The highest BCUT2D eigenvalue weighted by Crippen LogP contribution is 2.57. The van der Waals surface area contributed by atoms with Gasteiger partial charge >= 0.3 is 0 Å². The molecule has 2 saturated carbocycles. The molecule has 4 atom stereocenters. The third kappa shape index (κ3) is 6.43. The zero-order chi connectivity index (χ0) is 40.4. The maximum atomic E-state index is 12.1. The van der Waals surface area contributed by atoms with Crippen molar-refractivity contribution in [1.29, 1.82) is 0 Å². The van der Waals surface area contributed by atoms with Crippen LogP contribution in [0.4, 0.5) is 0 Å². The molecule has 0 N–H and O–H groups in total. The molecule has 7 heterocycles. The molecule has 306 valence electrons. The second-order valence-corrected chi connectivity index (χ2v) is 17.5. The SMILES string of the molecule is CC[C@@]12CCC(=O)C[C@@H]1CCOc1cc3c(cnn3-c3ccnc(C)c3)cc12.CC[C@@]12CCC3(C[C@@H]1CCOc1cc4c(cnn4-c4ccnc(C)c4)cc12)OCCO3. The average molecular weight is 795 g/mol. The van der Waals surface area contributed by atoms with Crippen LogP contribution in [0.3, 0.4) is 0 Å². The van der Waals surface area contributed by atoms with E-state index in [0.717, 1.165) is 114 Å². The molecule has 2 aliphatic carbocycles. The van der Waals surface area contributed by atoms with Gasteiger partial charge in [-0.2, -0.15) is 10.2 Å². The van der Waals surface area contributed by atoms with Crippen molar-refractivity contribution in [3.05, 3.63) is 95.8 Å². The number of ketones is 1. The Balaban J connectivity index is 0.000000143. The second kappa shape index (κ2) is 14.9. The van der Waals surface area contributed by atoms with E-state index >= 15 is 0 Å². The Labute approximate surface area is 345 Å². The summed E-state index contributed by atoms with van der Waals surface area (Å²) in [6, 6.07) is 17.0. The minimum atomic E-state index is -0.373. The number of carbonyl (C=O) groups excluding carboxylic acids is 1. The number of hydrogen-bond donors (Lipinski definition) is 0. The number of nitrogens with zero attached hydrogens (tertiary/aromatic N) is 6. The van der Waals surface area contributed by atoms with Crippen LogP contribution in [0.15, 0.2) is 73.3 Å². The summed E-state index contributed by atoms with van der Waals surface area (Å²) in [7, 11) is 0. The molecule has 6 aromatic rings. The highest BCUT2D eigenvalue weighted by atomic mass is 16.7.